The zero-order chi connectivity index (χ0) is 24.6. The summed E-state index contributed by atoms with van der Waals surface area (Å²) < 4.78 is 80.2. The zero-order valence-corrected chi connectivity index (χ0v) is 19.1. The molecule has 10 heteroatoms. The van der Waals surface area contributed by atoms with Crippen LogP contribution in [0.4, 0.5) is 17.6 Å². The lowest BCUT2D eigenvalue weighted by atomic mass is 9.93. The van der Waals surface area contributed by atoms with Crippen molar-refractivity contribution < 1.29 is 30.8 Å². The van der Waals surface area contributed by atoms with E-state index in [9.17, 15) is 26.4 Å². The van der Waals surface area contributed by atoms with Gasteiger partial charge < -0.3 is 5.32 Å². The zero-order valence-electron chi connectivity index (χ0n) is 18.3. The fraction of sp³-hybridized carbons (Fsp3) is 0.458. The number of carbonyl (C=O) groups is 1. The summed E-state index contributed by atoms with van der Waals surface area (Å²) >= 11 is 0. The van der Waals surface area contributed by atoms with E-state index in [2.05, 4.69) is 10.6 Å². The maximum Gasteiger partial charge on any atom is 0.416 e. The van der Waals surface area contributed by atoms with Crippen LogP contribution in [0.2, 0.25) is 0 Å². The maximum atomic E-state index is 15.5. The molecule has 0 aromatic heterocycles. The highest BCUT2D eigenvalue weighted by Crippen LogP contribution is 2.41. The van der Waals surface area contributed by atoms with Crippen LogP contribution >= 0.6 is 0 Å². The molecule has 2 aromatic carbocycles. The van der Waals surface area contributed by atoms with Gasteiger partial charge in [0.2, 0.25) is 20.7 Å². The van der Waals surface area contributed by atoms with Gasteiger partial charge in [-0.3, -0.25) is 10.1 Å². The third-order valence-corrected chi connectivity index (χ3v) is 8.94. The number of hydrogen-bond donors (Lipinski definition) is 2. The summed E-state index contributed by atoms with van der Waals surface area (Å²) in [6.45, 7) is 0. The van der Waals surface area contributed by atoms with Crippen LogP contribution in [-0.2, 0) is 20.8 Å². The SMILES string of the molecule is O=C(N[C@H]1CC[C@@](F)(S(=O)(=O)c2cccc(C(F)(F)F)c2)CC1)[C@@H]1CC[C@H](c2ccccc2)N1. The van der Waals surface area contributed by atoms with Crippen LogP contribution < -0.4 is 10.6 Å². The van der Waals surface area contributed by atoms with Gasteiger partial charge in [-0.05, 0) is 62.3 Å². The maximum absolute atomic E-state index is 15.5. The van der Waals surface area contributed by atoms with Crippen molar-refractivity contribution in [1.29, 1.82) is 0 Å². The van der Waals surface area contributed by atoms with Crippen molar-refractivity contribution in [2.75, 3.05) is 0 Å². The molecule has 0 radical (unpaired) electrons. The summed E-state index contributed by atoms with van der Waals surface area (Å²) in [5, 5.41) is 3.50. The van der Waals surface area contributed by atoms with Crippen molar-refractivity contribution in [3.05, 3.63) is 65.7 Å². The highest BCUT2D eigenvalue weighted by molar-refractivity contribution is 7.92. The topological polar surface area (TPSA) is 75.3 Å². The molecule has 4 rings (SSSR count). The number of rotatable bonds is 5. The Labute approximate surface area is 195 Å². The Kier molecular flexibility index (Phi) is 6.74. The first-order valence-corrected chi connectivity index (χ1v) is 12.7. The summed E-state index contributed by atoms with van der Waals surface area (Å²) in [5.41, 5.74) is -0.0477. The van der Waals surface area contributed by atoms with E-state index in [1.807, 2.05) is 30.3 Å². The van der Waals surface area contributed by atoms with Gasteiger partial charge in [0.15, 0.2) is 0 Å². The van der Waals surface area contributed by atoms with Crippen LogP contribution in [0.3, 0.4) is 0 Å². The Balaban J connectivity index is 1.36. The largest absolute Gasteiger partial charge is 0.416 e. The van der Waals surface area contributed by atoms with E-state index < -0.39 is 56.4 Å². The van der Waals surface area contributed by atoms with E-state index in [0.29, 0.717) is 12.5 Å². The number of hydrogen-bond acceptors (Lipinski definition) is 4. The number of benzene rings is 2. The first-order valence-electron chi connectivity index (χ1n) is 11.2. The minimum Gasteiger partial charge on any atom is -0.352 e. The van der Waals surface area contributed by atoms with Gasteiger partial charge in [-0.25, -0.2) is 12.8 Å². The lowest BCUT2D eigenvalue weighted by molar-refractivity contribution is -0.137. The van der Waals surface area contributed by atoms with E-state index >= 15 is 4.39 Å². The lowest BCUT2D eigenvalue weighted by Crippen LogP contribution is -2.49. The second-order valence-corrected chi connectivity index (χ2v) is 11.2. The predicted molar refractivity (Wildman–Crippen MR) is 118 cm³/mol. The van der Waals surface area contributed by atoms with Gasteiger partial charge in [-0.1, -0.05) is 36.4 Å². The van der Waals surface area contributed by atoms with Crippen LogP contribution in [0.5, 0.6) is 0 Å². The molecular weight excluding hydrogens is 472 g/mol. The van der Waals surface area contributed by atoms with Gasteiger partial charge in [0, 0.05) is 12.1 Å². The number of sulfone groups is 1. The minimum atomic E-state index is -4.73. The van der Waals surface area contributed by atoms with Crippen molar-refractivity contribution in [2.45, 2.75) is 72.7 Å². The standard InChI is InChI=1S/C24H26F4N2O3S/c25-23(34(32,33)19-8-4-7-17(15-19)24(26,27)28)13-11-18(12-14-23)29-22(31)21-10-9-20(30-21)16-5-2-1-3-6-16/h1-8,15,18,20-21,30H,9-14H2,(H,29,31)/t18-,20-,21+,23+/m1/s1. The average molecular weight is 499 g/mol. The second kappa shape index (κ2) is 9.30. The minimum absolute atomic E-state index is 0.0689. The molecule has 1 amide bonds. The molecule has 1 aliphatic heterocycles. The van der Waals surface area contributed by atoms with Gasteiger partial charge in [-0.2, -0.15) is 13.2 Å². The van der Waals surface area contributed by atoms with Gasteiger partial charge in [-0.15, -0.1) is 0 Å². The molecule has 1 heterocycles. The van der Waals surface area contributed by atoms with Crippen LogP contribution in [0.15, 0.2) is 59.5 Å². The fourth-order valence-corrected chi connectivity index (χ4v) is 6.45. The molecule has 1 aliphatic carbocycles. The van der Waals surface area contributed by atoms with Gasteiger partial charge in [0.25, 0.3) is 0 Å². The Morgan fingerprint density at radius 3 is 2.29 bits per heavy atom. The first-order chi connectivity index (χ1) is 16.0. The molecule has 0 spiro atoms. The molecule has 5 nitrogen and oxygen atoms in total. The van der Waals surface area contributed by atoms with Crippen LogP contribution in [0.25, 0.3) is 0 Å². The first kappa shape index (κ1) is 24.7. The number of amides is 1. The molecule has 2 aliphatic rings. The second-order valence-electron chi connectivity index (χ2n) is 8.95. The predicted octanol–water partition coefficient (Wildman–Crippen LogP) is 4.70. The van der Waals surface area contributed by atoms with E-state index in [-0.39, 0.29) is 24.8 Å². The van der Waals surface area contributed by atoms with Crippen molar-refractivity contribution in [3.8, 4) is 0 Å². The highest BCUT2D eigenvalue weighted by Gasteiger charge is 2.48. The number of alkyl halides is 4. The molecule has 2 atom stereocenters. The van der Waals surface area contributed by atoms with E-state index in [4.69, 9.17) is 0 Å². The molecule has 2 aromatic rings. The molecule has 0 bridgehead atoms. The van der Waals surface area contributed by atoms with Gasteiger partial charge in [0.1, 0.15) is 0 Å². The fourth-order valence-electron chi connectivity index (χ4n) is 4.71. The number of halogens is 4. The average Bonchev–Trinajstić information content (AvgIpc) is 3.31. The molecule has 2 N–H and O–H groups in total. The Morgan fingerprint density at radius 2 is 1.65 bits per heavy atom. The summed E-state index contributed by atoms with van der Waals surface area (Å²) in [6.07, 6.45) is -3.93. The van der Waals surface area contributed by atoms with E-state index in [1.165, 1.54) is 0 Å². The third-order valence-electron chi connectivity index (χ3n) is 6.70. The normalized spacial score (nSPS) is 27.9. The summed E-state index contributed by atoms with van der Waals surface area (Å²) in [5.74, 6) is -0.212. The highest BCUT2D eigenvalue weighted by atomic mass is 32.2. The van der Waals surface area contributed by atoms with Crippen LogP contribution in [0, 0.1) is 0 Å². The molecule has 1 saturated heterocycles. The Hall–Kier alpha value is -2.46. The summed E-state index contributed by atoms with van der Waals surface area (Å²) in [4.78, 5) is 12.0. The smallest absolute Gasteiger partial charge is 0.352 e. The van der Waals surface area contributed by atoms with Gasteiger partial charge in [0.05, 0.1) is 16.5 Å². The Morgan fingerprint density at radius 1 is 0.971 bits per heavy atom. The molecule has 34 heavy (non-hydrogen) atoms. The quantitative estimate of drug-likeness (QED) is 0.587. The van der Waals surface area contributed by atoms with Crippen molar-refractivity contribution in [3.63, 3.8) is 0 Å². The molecule has 184 valence electrons. The number of nitrogens with one attached hydrogen (secondary N) is 2. The van der Waals surface area contributed by atoms with Gasteiger partial charge >= 0.3 is 6.18 Å². The summed E-state index contributed by atoms with van der Waals surface area (Å²) in [7, 11) is -4.64. The monoisotopic (exact) mass is 498 g/mol. The lowest BCUT2D eigenvalue weighted by Gasteiger charge is -2.34. The van der Waals surface area contributed by atoms with Crippen LogP contribution in [0.1, 0.15) is 55.7 Å². The number of carbonyl (C=O) groups excluding carboxylic acids is 1. The van der Waals surface area contributed by atoms with E-state index in [1.54, 1.807) is 0 Å². The molecule has 1 saturated carbocycles. The van der Waals surface area contributed by atoms with Crippen molar-refractivity contribution in [1.82, 2.24) is 10.6 Å². The van der Waals surface area contributed by atoms with Crippen LogP contribution in [-0.4, -0.2) is 31.4 Å². The van der Waals surface area contributed by atoms with Crippen molar-refractivity contribution >= 4 is 15.7 Å². The molecule has 2 fully saturated rings. The molecule has 0 unspecified atom stereocenters. The van der Waals surface area contributed by atoms with E-state index in [0.717, 1.165) is 30.2 Å². The summed E-state index contributed by atoms with van der Waals surface area (Å²) in [6, 6.07) is 12.2. The Bertz CT molecular complexity index is 1130. The third kappa shape index (κ3) is 4.98. The molecular formula is C24H26F4N2O3S. The van der Waals surface area contributed by atoms with Crippen molar-refractivity contribution in [2.24, 2.45) is 0 Å².